The second kappa shape index (κ2) is 6.58. The first-order valence-corrected chi connectivity index (χ1v) is 6.38. The number of carbonyl (C=O) groups is 2. The SMILES string of the molecule is O=C1OC(C(O)COCc2nc(Cl)nc(Cl)n2)C(=O)C1O. The highest BCUT2D eigenvalue weighted by atomic mass is 35.5. The van der Waals surface area contributed by atoms with Crippen LogP contribution in [0, 0.1) is 0 Å². The Hall–Kier alpha value is -1.39. The van der Waals surface area contributed by atoms with Gasteiger partial charge in [-0.1, -0.05) is 0 Å². The molecular weight excluding hydrogens is 329 g/mol. The number of halogens is 2. The van der Waals surface area contributed by atoms with E-state index in [0.717, 1.165) is 0 Å². The summed E-state index contributed by atoms with van der Waals surface area (Å²) >= 11 is 11.1. The van der Waals surface area contributed by atoms with E-state index >= 15 is 0 Å². The van der Waals surface area contributed by atoms with E-state index in [4.69, 9.17) is 33.0 Å². The average Bonchev–Trinajstić information content (AvgIpc) is 2.65. The Morgan fingerprint density at radius 3 is 2.38 bits per heavy atom. The molecule has 1 aromatic heterocycles. The van der Waals surface area contributed by atoms with Crippen molar-refractivity contribution < 1.29 is 29.3 Å². The number of aliphatic hydroxyl groups is 2. The predicted molar refractivity (Wildman–Crippen MR) is 66.4 cm³/mol. The van der Waals surface area contributed by atoms with Gasteiger partial charge in [-0.2, -0.15) is 4.98 Å². The minimum absolute atomic E-state index is 0.114. The molecule has 3 unspecified atom stereocenters. The summed E-state index contributed by atoms with van der Waals surface area (Å²) in [5.74, 6) is -1.88. The number of rotatable bonds is 5. The van der Waals surface area contributed by atoms with Gasteiger partial charge >= 0.3 is 5.97 Å². The summed E-state index contributed by atoms with van der Waals surface area (Å²) in [4.78, 5) is 33.4. The predicted octanol–water partition coefficient (Wildman–Crippen LogP) is -1.09. The monoisotopic (exact) mass is 337 g/mol. The van der Waals surface area contributed by atoms with Crippen LogP contribution >= 0.6 is 23.2 Å². The third-order valence-corrected chi connectivity index (χ3v) is 2.85. The maximum absolute atomic E-state index is 11.4. The Labute approximate surface area is 127 Å². The van der Waals surface area contributed by atoms with Gasteiger partial charge in [-0.05, 0) is 23.2 Å². The van der Waals surface area contributed by atoms with E-state index in [0.29, 0.717) is 0 Å². The number of esters is 1. The van der Waals surface area contributed by atoms with Gasteiger partial charge in [-0.25, -0.2) is 14.8 Å². The summed E-state index contributed by atoms with van der Waals surface area (Å²) in [6.45, 7) is -0.506. The number of aliphatic hydroxyl groups excluding tert-OH is 2. The van der Waals surface area contributed by atoms with Crippen LogP contribution in [0.15, 0.2) is 0 Å². The molecule has 1 aliphatic rings. The van der Waals surface area contributed by atoms with Gasteiger partial charge in [0.2, 0.25) is 22.5 Å². The zero-order valence-corrected chi connectivity index (χ0v) is 11.8. The standard InChI is InChI=1S/C10H9Cl2N3O6/c11-9-13-4(14-10(12)15-9)2-20-1-3(16)7-5(17)6(18)8(19)21-7/h3,6-7,16,18H,1-2H2. The molecular formula is C10H9Cl2N3O6. The van der Waals surface area contributed by atoms with E-state index in [9.17, 15) is 14.7 Å². The quantitative estimate of drug-likeness (QED) is 0.508. The van der Waals surface area contributed by atoms with Crippen molar-refractivity contribution >= 4 is 35.0 Å². The highest BCUT2D eigenvalue weighted by molar-refractivity contribution is 6.31. The molecule has 2 rings (SSSR count). The Morgan fingerprint density at radius 1 is 1.24 bits per heavy atom. The molecule has 0 aromatic carbocycles. The zero-order valence-electron chi connectivity index (χ0n) is 10.3. The van der Waals surface area contributed by atoms with Gasteiger partial charge in [-0.15, -0.1) is 0 Å². The van der Waals surface area contributed by atoms with Crippen molar-refractivity contribution in [3.63, 3.8) is 0 Å². The normalized spacial score (nSPS) is 23.2. The number of ketones is 1. The van der Waals surface area contributed by atoms with Gasteiger partial charge in [0, 0.05) is 0 Å². The first-order chi connectivity index (χ1) is 9.88. The number of aromatic nitrogens is 3. The van der Waals surface area contributed by atoms with E-state index < -0.39 is 30.1 Å². The fourth-order valence-corrected chi connectivity index (χ4v) is 1.97. The summed E-state index contributed by atoms with van der Waals surface area (Å²) in [5, 5.41) is 18.6. The first kappa shape index (κ1) is 16.0. The first-order valence-electron chi connectivity index (χ1n) is 5.62. The fraction of sp³-hybridized carbons (Fsp3) is 0.500. The molecule has 0 amide bonds. The lowest BCUT2D eigenvalue weighted by molar-refractivity contribution is -0.152. The van der Waals surface area contributed by atoms with E-state index in [-0.39, 0.29) is 29.6 Å². The highest BCUT2D eigenvalue weighted by Crippen LogP contribution is 2.15. The van der Waals surface area contributed by atoms with Gasteiger partial charge in [0.15, 0.2) is 11.9 Å². The van der Waals surface area contributed by atoms with Gasteiger partial charge in [0.1, 0.15) is 12.7 Å². The fourth-order valence-electron chi connectivity index (χ4n) is 1.57. The van der Waals surface area contributed by atoms with Crippen LogP contribution in [0.3, 0.4) is 0 Å². The molecule has 0 aliphatic carbocycles. The number of carbonyl (C=O) groups excluding carboxylic acids is 2. The third kappa shape index (κ3) is 3.83. The number of nitrogens with zero attached hydrogens (tertiary/aromatic N) is 3. The van der Waals surface area contributed by atoms with Crippen LogP contribution in [-0.4, -0.2) is 61.8 Å². The van der Waals surface area contributed by atoms with E-state index in [1.807, 2.05) is 0 Å². The zero-order chi connectivity index (χ0) is 15.6. The van der Waals surface area contributed by atoms with Crippen LogP contribution in [0.5, 0.6) is 0 Å². The number of cyclic esters (lactones) is 1. The lowest BCUT2D eigenvalue weighted by atomic mass is 10.1. The lowest BCUT2D eigenvalue weighted by Crippen LogP contribution is -2.37. The molecule has 2 heterocycles. The molecule has 0 bridgehead atoms. The molecule has 0 spiro atoms. The highest BCUT2D eigenvalue weighted by Gasteiger charge is 2.45. The van der Waals surface area contributed by atoms with Gasteiger partial charge < -0.3 is 19.7 Å². The largest absolute Gasteiger partial charge is 0.449 e. The van der Waals surface area contributed by atoms with E-state index in [1.54, 1.807) is 0 Å². The van der Waals surface area contributed by atoms with Crippen LogP contribution < -0.4 is 0 Å². The molecule has 21 heavy (non-hydrogen) atoms. The summed E-state index contributed by atoms with van der Waals surface area (Å²) in [7, 11) is 0. The van der Waals surface area contributed by atoms with Crippen molar-refractivity contribution in [1.29, 1.82) is 0 Å². The van der Waals surface area contributed by atoms with Crippen molar-refractivity contribution in [2.75, 3.05) is 6.61 Å². The minimum atomic E-state index is -1.87. The van der Waals surface area contributed by atoms with Crippen molar-refractivity contribution in [3.05, 3.63) is 16.4 Å². The molecule has 2 N–H and O–H groups in total. The third-order valence-electron chi connectivity index (χ3n) is 2.51. The Balaban J connectivity index is 1.86. The second-order valence-electron chi connectivity index (χ2n) is 4.03. The lowest BCUT2D eigenvalue weighted by Gasteiger charge is -2.15. The topological polar surface area (TPSA) is 132 Å². The maximum atomic E-state index is 11.4. The van der Waals surface area contributed by atoms with E-state index in [2.05, 4.69) is 19.7 Å². The molecule has 0 saturated carbocycles. The number of hydrogen-bond acceptors (Lipinski definition) is 9. The second-order valence-corrected chi connectivity index (χ2v) is 4.71. The molecule has 1 fully saturated rings. The summed E-state index contributed by atoms with van der Waals surface area (Å²) in [6.07, 6.45) is -4.75. The molecule has 9 nitrogen and oxygen atoms in total. The number of Topliss-reactive ketones (excluding diaryl/α,β-unsaturated/α-hetero) is 1. The molecule has 11 heteroatoms. The smallest absolute Gasteiger partial charge is 0.343 e. The van der Waals surface area contributed by atoms with Crippen LogP contribution in [0.25, 0.3) is 0 Å². The molecule has 114 valence electrons. The van der Waals surface area contributed by atoms with Gasteiger partial charge in [-0.3, -0.25) is 4.79 Å². The van der Waals surface area contributed by atoms with Crippen molar-refractivity contribution in [2.24, 2.45) is 0 Å². The van der Waals surface area contributed by atoms with E-state index in [1.165, 1.54) is 0 Å². The molecule has 1 aliphatic heterocycles. The molecule has 1 saturated heterocycles. The number of ether oxygens (including phenoxy) is 2. The molecule has 1 aromatic rings. The molecule has 3 atom stereocenters. The Kier molecular flexibility index (Phi) is 5.01. The van der Waals surface area contributed by atoms with Crippen molar-refractivity contribution in [2.45, 2.75) is 24.9 Å². The summed E-state index contributed by atoms with van der Waals surface area (Å²) in [5.41, 5.74) is 0. The van der Waals surface area contributed by atoms with Crippen molar-refractivity contribution in [3.8, 4) is 0 Å². The summed E-state index contributed by atoms with van der Waals surface area (Å²) in [6, 6.07) is 0. The van der Waals surface area contributed by atoms with Crippen LogP contribution in [0.4, 0.5) is 0 Å². The minimum Gasteiger partial charge on any atom is -0.449 e. The summed E-state index contributed by atoms with van der Waals surface area (Å²) < 4.78 is 9.61. The average molecular weight is 338 g/mol. The maximum Gasteiger partial charge on any atom is 0.343 e. The van der Waals surface area contributed by atoms with Gasteiger partial charge in [0.05, 0.1) is 6.61 Å². The Bertz CT molecular complexity index is 551. The number of hydrogen-bond donors (Lipinski definition) is 2. The van der Waals surface area contributed by atoms with Crippen LogP contribution in [0.2, 0.25) is 10.6 Å². The van der Waals surface area contributed by atoms with Gasteiger partial charge in [0.25, 0.3) is 0 Å². The molecule has 0 radical (unpaired) electrons. The van der Waals surface area contributed by atoms with Crippen LogP contribution in [-0.2, 0) is 25.7 Å². The van der Waals surface area contributed by atoms with Crippen LogP contribution in [0.1, 0.15) is 5.82 Å². The Morgan fingerprint density at radius 2 is 1.86 bits per heavy atom. The van der Waals surface area contributed by atoms with Crippen molar-refractivity contribution in [1.82, 2.24) is 15.0 Å².